The molecule has 0 aliphatic carbocycles. The highest BCUT2D eigenvalue weighted by Crippen LogP contribution is 2.30. The van der Waals surface area contributed by atoms with Gasteiger partial charge in [-0.15, -0.1) is 0 Å². The van der Waals surface area contributed by atoms with Crippen molar-refractivity contribution >= 4 is 25.8 Å². The van der Waals surface area contributed by atoms with Gasteiger partial charge in [0.05, 0.1) is 6.61 Å². The van der Waals surface area contributed by atoms with Crippen LogP contribution < -0.4 is 9.47 Å². The Labute approximate surface area is 112 Å². The number of benzene rings is 1. The van der Waals surface area contributed by atoms with E-state index in [9.17, 15) is 17.2 Å². The lowest BCUT2D eigenvalue weighted by Crippen LogP contribution is -2.08. The predicted octanol–water partition coefficient (Wildman–Crippen LogP) is 2.47. The SMILES string of the molecule is CS(=O)(=O)c1ccc(OCCBr)cc1OC(F)F. The van der Waals surface area contributed by atoms with Gasteiger partial charge in [0.2, 0.25) is 0 Å². The minimum atomic E-state index is -3.64. The number of alkyl halides is 3. The normalized spacial score (nSPS) is 11.6. The average Bonchev–Trinajstić information content (AvgIpc) is 2.24. The Hall–Kier alpha value is -0.890. The maximum Gasteiger partial charge on any atom is 0.387 e. The molecule has 0 saturated heterocycles. The highest BCUT2D eigenvalue weighted by molar-refractivity contribution is 9.09. The fourth-order valence-electron chi connectivity index (χ4n) is 1.23. The van der Waals surface area contributed by atoms with Crippen molar-refractivity contribution in [1.29, 1.82) is 0 Å². The van der Waals surface area contributed by atoms with Crippen LogP contribution in [0.1, 0.15) is 0 Å². The average molecular weight is 345 g/mol. The second-order valence-electron chi connectivity index (χ2n) is 3.30. The molecule has 4 nitrogen and oxygen atoms in total. The summed E-state index contributed by atoms with van der Waals surface area (Å²) in [5.41, 5.74) is 0. The quantitative estimate of drug-likeness (QED) is 0.744. The molecule has 0 amide bonds. The fraction of sp³-hybridized carbons (Fsp3) is 0.400. The van der Waals surface area contributed by atoms with Crippen LogP contribution in [0, 0.1) is 0 Å². The van der Waals surface area contributed by atoms with Crippen LogP contribution in [0.4, 0.5) is 8.78 Å². The number of sulfone groups is 1. The molecule has 0 aliphatic rings. The first kappa shape index (κ1) is 15.2. The molecule has 1 rings (SSSR count). The standard InChI is InChI=1S/C10H11BrF2O4S/c1-18(14,15)9-3-2-7(16-5-4-11)6-8(9)17-10(12)13/h2-3,6,10H,4-5H2,1H3. The highest BCUT2D eigenvalue weighted by Gasteiger charge is 2.18. The van der Waals surface area contributed by atoms with Crippen LogP contribution in [0.15, 0.2) is 23.1 Å². The maximum absolute atomic E-state index is 12.2. The summed E-state index contributed by atoms with van der Waals surface area (Å²) < 4.78 is 56.6. The molecular weight excluding hydrogens is 334 g/mol. The first-order valence-electron chi connectivity index (χ1n) is 4.82. The molecule has 0 bridgehead atoms. The number of hydrogen-bond donors (Lipinski definition) is 0. The lowest BCUT2D eigenvalue weighted by Gasteiger charge is -2.11. The summed E-state index contributed by atoms with van der Waals surface area (Å²) in [6.07, 6.45) is 0.916. The molecule has 0 aromatic heterocycles. The maximum atomic E-state index is 12.2. The van der Waals surface area contributed by atoms with Crippen LogP contribution in [-0.2, 0) is 9.84 Å². The van der Waals surface area contributed by atoms with Crippen LogP contribution in [-0.4, -0.2) is 33.2 Å². The lowest BCUT2D eigenvalue weighted by molar-refractivity contribution is -0.0518. The molecule has 0 saturated carbocycles. The summed E-state index contributed by atoms with van der Waals surface area (Å²) in [4.78, 5) is -0.297. The molecule has 0 fully saturated rings. The van der Waals surface area contributed by atoms with Gasteiger partial charge in [0.25, 0.3) is 0 Å². The van der Waals surface area contributed by atoms with E-state index >= 15 is 0 Å². The Balaban J connectivity index is 3.12. The Morgan fingerprint density at radius 1 is 1.39 bits per heavy atom. The van der Waals surface area contributed by atoms with Gasteiger partial charge in [-0.2, -0.15) is 8.78 Å². The molecule has 8 heteroatoms. The van der Waals surface area contributed by atoms with E-state index in [0.717, 1.165) is 12.3 Å². The van der Waals surface area contributed by atoms with E-state index in [1.54, 1.807) is 0 Å². The van der Waals surface area contributed by atoms with E-state index in [1.165, 1.54) is 12.1 Å². The first-order valence-corrected chi connectivity index (χ1v) is 7.83. The molecule has 102 valence electrons. The summed E-state index contributed by atoms with van der Waals surface area (Å²) in [5.74, 6) is -0.155. The number of rotatable bonds is 6. The fourth-order valence-corrected chi connectivity index (χ4v) is 2.18. The number of ether oxygens (including phenoxy) is 2. The molecule has 1 aromatic rings. The Kier molecular flexibility index (Phi) is 5.33. The van der Waals surface area contributed by atoms with Gasteiger partial charge in [0.15, 0.2) is 9.84 Å². The largest absolute Gasteiger partial charge is 0.493 e. The smallest absolute Gasteiger partial charge is 0.387 e. The van der Waals surface area contributed by atoms with Gasteiger partial charge >= 0.3 is 6.61 Å². The third-order valence-corrected chi connectivity index (χ3v) is 3.34. The van der Waals surface area contributed by atoms with E-state index < -0.39 is 22.2 Å². The summed E-state index contributed by atoms with van der Waals surface area (Å²) in [7, 11) is -3.64. The minimum absolute atomic E-state index is 0.262. The van der Waals surface area contributed by atoms with Crippen molar-refractivity contribution in [3.05, 3.63) is 18.2 Å². The minimum Gasteiger partial charge on any atom is -0.493 e. The van der Waals surface area contributed by atoms with Gasteiger partial charge in [-0.1, -0.05) is 15.9 Å². The summed E-state index contributed by atoms with van der Waals surface area (Å²) >= 11 is 3.14. The molecule has 0 unspecified atom stereocenters. The van der Waals surface area contributed by atoms with Crippen LogP contribution >= 0.6 is 15.9 Å². The molecule has 0 aliphatic heterocycles. The lowest BCUT2D eigenvalue weighted by atomic mass is 10.3. The summed E-state index contributed by atoms with van der Waals surface area (Å²) in [5, 5.41) is 0.561. The molecule has 0 spiro atoms. The van der Waals surface area contributed by atoms with Crippen molar-refractivity contribution in [2.24, 2.45) is 0 Å². The topological polar surface area (TPSA) is 52.6 Å². The third-order valence-electron chi connectivity index (χ3n) is 1.88. The van der Waals surface area contributed by atoms with Crippen LogP contribution in [0.5, 0.6) is 11.5 Å². The summed E-state index contributed by atoms with van der Waals surface area (Å²) in [6.45, 7) is -2.77. The van der Waals surface area contributed by atoms with Crippen LogP contribution in [0.3, 0.4) is 0 Å². The molecular formula is C10H11BrF2O4S. The second-order valence-corrected chi connectivity index (χ2v) is 6.07. The zero-order valence-electron chi connectivity index (χ0n) is 9.40. The van der Waals surface area contributed by atoms with Crippen molar-refractivity contribution in [2.75, 3.05) is 18.2 Å². The van der Waals surface area contributed by atoms with Crippen molar-refractivity contribution in [1.82, 2.24) is 0 Å². The summed E-state index contributed by atoms with van der Waals surface area (Å²) in [6, 6.07) is 3.69. The zero-order valence-corrected chi connectivity index (χ0v) is 11.8. The first-order chi connectivity index (χ1) is 8.34. The zero-order chi connectivity index (χ0) is 13.8. The van der Waals surface area contributed by atoms with E-state index in [2.05, 4.69) is 20.7 Å². The van der Waals surface area contributed by atoms with E-state index in [4.69, 9.17) is 4.74 Å². The second kappa shape index (κ2) is 6.33. The van der Waals surface area contributed by atoms with Crippen LogP contribution in [0.25, 0.3) is 0 Å². The van der Waals surface area contributed by atoms with Crippen molar-refractivity contribution in [3.8, 4) is 11.5 Å². The van der Waals surface area contributed by atoms with Gasteiger partial charge in [0.1, 0.15) is 16.4 Å². The molecule has 1 aromatic carbocycles. The van der Waals surface area contributed by atoms with E-state index in [0.29, 0.717) is 11.9 Å². The Morgan fingerprint density at radius 3 is 2.56 bits per heavy atom. The molecule has 0 N–H and O–H groups in total. The number of halogens is 3. The third kappa shape index (κ3) is 4.41. The monoisotopic (exact) mass is 344 g/mol. The van der Waals surface area contributed by atoms with Crippen molar-refractivity contribution < 1.29 is 26.7 Å². The van der Waals surface area contributed by atoms with Gasteiger partial charge < -0.3 is 9.47 Å². The Morgan fingerprint density at radius 2 is 2.06 bits per heavy atom. The molecule has 0 heterocycles. The van der Waals surface area contributed by atoms with Gasteiger partial charge in [-0.25, -0.2) is 8.42 Å². The highest BCUT2D eigenvalue weighted by atomic mass is 79.9. The van der Waals surface area contributed by atoms with Crippen molar-refractivity contribution in [3.63, 3.8) is 0 Å². The van der Waals surface area contributed by atoms with E-state index in [-0.39, 0.29) is 10.6 Å². The molecule has 0 radical (unpaired) electrons. The molecule has 0 atom stereocenters. The number of hydrogen-bond acceptors (Lipinski definition) is 4. The van der Waals surface area contributed by atoms with Crippen LogP contribution in [0.2, 0.25) is 0 Å². The van der Waals surface area contributed by atoms with Gasteiger partial charge in [-0.05, 0) is 12.1 Å². The van der Waals surface area contributed by atoms with Gasteiger partial charge in [0, 0.05) is 17.7 Å². The molecule has 18 heavy (non-hydrogen) atoms. The predicted molar refractivity (Wildman–Crippen MR) is 65.5 cm³/mol. The Bertz CT molecular complexity index is 505. The van der Waals surface area contributed by atoms with Gasteiger partial charge in [-0.3, -0.25) is 0 Å². The van der Waals surface area contributed by atoms with Crippen molar-refractivity contribution in [2.45, 2.75) is 11.5 Å². The van der Waals surface area contributed by atoms with E-state index in [1.807, 2.05) is 0 Å².